The maximum Gasteiger partial charge on any atom is 0.408 e. The molecule has 3 aliphatic carbocycles. The zero-order valence-corrected chi connectivity index (χ0v) is 29.9. The highest BCUT2D eigenvalue weighted by atomic mass is 16.6. The van der Waals surface area contributed by atoms with E-state index in [-0.39, 0.29) is 35.0 Å². The summed E-state index contributed by atoms with van der Waals surface area (Å²) in [5, 5.41) is 13.5. The van der Waals surface area contributed by atoms with Crippen molar-refractivity contribution < 1.29 is 29.0 Å². The number of fused-ring (bicyclic) bond motifs is 2. The Kier molecular flexibility index (Phi) is 11.0. The Hall–Kier alpha value is -3.43. The van der Waals surface area contributed by atoms with E-state index in [1.165, 1.54) is 25.7 Å². The average Bonchev–Trinajstić information content (AvgIpc) is 3.59. The fourth-order valence-corrected chi connectivity index (χ4v) is 9.29. The van der Waals surface area contributed by atoms with Gasteiger partial charge in [0.1, 0.15) is 23.6 Å². The Bertz CT molecular complexity index is 1510. The van der Waals surface area contributed by atoms with Crippen LogP contribution in [-0.2, 0) is 20.7 Å². The van der Waals surface area contributed by atoms with E-state index in [1.54, 1.807) is 25.0 Å². The molecule has 10 heteroatoms. The van der Waals surface area contributed by atoms with Crippen molar-refractivity contribution in [3.05, 3.63) is 23.9 Å². The molecule has 2 aromatic rings. The Labute approximate surface area is 291 Å². The quantitative estimate of drug-likeness (QED) is 0.202. The van der Waals surface area contributed by atoms with Gasteiger partial charge >= 0.3 is 6.09 Å². The fourth-order valence-electron chi connectivity index (χ4n) is 9.29. The first-order chi connectivity index (χ1) is 23.5. The predicted molar refractivity (Wildman–Crippen MR) is 187 cm³/mol. The molecule has 2 amide bonds. The highest BCUT2D eigenvalue weighted by Gasteiger charge is 2.54. The second-order valence-corrected chi connectivity index (χ2v) is 15.9. The number of ether oxygens (including phenoxy) is 2. The van der Waals surface area contributed by atoms with Gasteiger partial charge in [-0.2, -0.15) is 0 Å². The largest absolute Gasteiger partial charge is 0.497 e. The lowest BCUT2D eigenvalue weighted by Crippen LogP contribution is -2.53. The molecular formula is C39H56N4O6. The number of carbonyl (C=O) groups excluding carboxylic acids is 3. The van der Waals surface area contributed by atoms with Gasteiger partial charge in [0, 0.05) is 12.6 Å². The van der Waals surface area contributed by atoms with E-state index in [1.807, 2.05) is 19.1 Å². The topological polar surface area (TPSA) is 131 Å². The minimum Gasteiger partial charge on any atom is -0.497 e. The molecule has 268 valence electrons. The number of nitrogens with one attached hydrogen (secondary N) is 1. The molecular weight excluding hydrogens is 620 g/mol. The maximum absolute atomic E-state index is 14.0. The van der Waals surface area contributed by atoms with Crippen molar-refractivity contribution in [1.82, 2.24) is 20.2 Å². The highest BCUT2D eigenvalue weighted by molar-refractivity contribution is 5.92. The van der Waals surface area contributed by atoms with E-state index < -0.39 is 18.2 Å². The smallest absolute Gasteiger partial charge is 0.408 e. The minimum absolute atomic E-state index is 0.00924. The van der Waals surface area contributed by atoms with Gasteiger partial charge in [0.2, 0.25) is 11.8 Å². The number of aryl methyl sites for hydroxylation is 1. The number of aromatic nitrogens is 2. The van der Waals surface area contributed by atoms with Crippen LogP contribution in [-0.4, -0.2) is 69.6 Å². The summed E-state index contributed by atoms with van der Waals surface area (Å²) in [5.41, 5.74) is 2.12. The van der Waals surface area contributed by atoms with Crippen molar-refractivity contribution in [2.24, 2.45) is 29.1 Å². The molecule has 10 nitrogen and oxygen atoms in total. The number of alkyl carbamates (subject to hydrolysis) is 1. The van der Waals surface area contributed by atoms with Gasteiger partial charge in [0.15, 0.2) is 5.78 Å². The summed E-state index contributed by atoms with van der Waals surface area (Å²) in [6.45, 7) is 6.46. The lowest BCUT2D eigenvalue weighted by atomic mass is 9.72. The van der Waals surface area contributed by atoms with Gasteiger partial charge in [0.25, 0.3) is 0 Å². The third-order valence-electron chi connectivity index (χ3n) is 12.3. The number of likely N-dealkylation sites (tertiary alicyclic amines) is 1. The lowest BCUT2D eigenvalue weighted by molar-refractivity contribution is -0.139. The molecule has 1 saturated heterocycles. The molecule has 2 heterocycles. The zero-order chi connectivity index (χ0) is 34.7. The Balaban J connectivity index is 1.02. The van der Waals surface area contributed by atoms with Crippen molar-refractivity contribution in [2.75, 3.05) is 13.7 Å². The van der Waals surface area contributed by atoms with Gasteiger partial charge in [-0.05, 0) is 112 Å². The zero-order valence-electron chi connectivity index (χ0n) is 29.9. The normalized spacial score (nSPS) is 27.8. The van der Waals surface area contributed by atoms with Gasteiger partial charge in [0.05, 0.1) is 24.2 Å². The van der Waals surface area contributed by atoms with E-state index in [0.29, 0.717) is 54.1 Å². The van der Waals surface area contributed by atoms with Crippen LogP contribution in [0.4, 0.5) is 4.79 Å². The number of hydrogen-bond donors (Lipinski definition) is 2. The Morgan fingerprint density at radius 1 is 1.08 bits per heavy atom. The average molecular weight is 677 g/mol. The number of ketones is 1. The fraction of sp³-hybridized carbons (Fsp3) is 0.718. The standard InChI is InChI=1S/C39H56N4O6/c1-24-16-20-43(35(24)25(2)44)37(46)32(15-19-39(3)17-9-6-10-18-39)42-38(47)49-34-22-26-21-29(26)28(34)11-7-5-8-12-31-36(45)41-33-23-27(48-4)13-14-30(33)40-31/h13-14,23-24,26,28-29,32,34-35H,5-12,15-22H2,1-4H3,(H,41,45)(H,42,47)/t24-,26?,28-,29?,32?,34?,35+/m1/s1. The minimum atomic E-state index is -0.690. The van der Waals surface area contributed by atoms with Crippen LogP contribution < -0.4 is 10.1 Å². The highest BCUT2D eigenvalue weighted by Crippen LogP contribution is 2.57. The van der Waals surface area contributed by atoms with Crippen LogP contribution in [0, 0.1) is 29.1 Å². The lowest BCUT2D eigenvalue weighted by Gasteiger charge is -2.36. The molecule has 6 rings (SSSR count). The first-order valence-corrected chi connectivity index (χ1v) is 18.9. The monoisotopic (exact) mass is 676 g/mol. The number of benzene rings is 1. The van der Waals surface area contributed by atoms with Crippen molar-refractivity contribution in [3.63, 3.8) is 0 Å². The third kappa shape index (κ3) is 8.31. The van der Waals surface area contributed by atoms with E-state index in [2.05, 4.69) is 22.2 Å². The summed E-state index contributed by atoms with van der Waals surface area (Å²) in [6.07, 6.45) is 14.2. The Morgan fingerprint density at radius 2 is 1.88 bits per heavy atom. The van der Waals surface area contributed by atoms with Crippen LogP contribution in [0.1, 0.15) is 116 Å². The molecule has 7 atom stereocenters. The number of methoxy groups -OCH3 is 1. The first kappa shape index (κ1) is 35.4. The summed E-state index contributed by atoms with van der Waals surface area (Å²) >= 11 is 0. The third-order valence-corrected chi connectivity index (χ3v) is 12.3. The van der Waals surface area contributed by atoms with Gasteiger partial charge in [-0.1, -0.05) is 46.0 Å². The van der Waals surface area contributed by atoms with Crippen LogP contribution >= 0.6 is 0 Å². The van der Waals surface area contributed by atoms with E-state index in [4.69, 9.17) is 9.47 Å². The van der Waals surface area contributed by atoms with Gasteiger partial charge in [-0.15, -0.1) is 0 Å². The number of aromatic hydroxyl groups is 1. The first-order valence-electron chi connectivity index (χ1n) is 18.9. The molecule has 0 spiro atoms. The molecule has 1 aromatic heterocycles. The number of carbonyl (C=O) groups is 3. The number of hydrogen-bond acceptors (Lipinski definition) is 8. The number of amides is 2. The van der Waals surface area contributed by atoms with Crippen LogP contribution in [0.2, 0.25) is 0 Å². The summed E-state index contributed by atoms with van der Waals surface area (Å²) in [5.74, 6) is 2.19. The molecule has 4 unspecified atom stereocenters. The molecule has 1 aromatic carbocycles. The van der Waals surface area contributed by atoms with E-state index >= 15 is 0 Å². The summed E-state index contributed by atoms with van der Waals surface area (Å²) < 4.78 is 11.4. The summed E-state index contributed by atoms with van der Waals surface area (Å²) in [7, 11) is 1.60. The van der Waals surface area contributed by atoms with Crippen LogP contribution in [0.15, 0.2) is 18.2 Å². The number of Topliss-reactive ketones (excluding diaryl/α,β-unsaturated/α-hetero) is 1. The molecule has 2 N–H and O–H groups in total. The number of nitrogens with zero attached hydrogens (tertiary/aromatic N) is 3. The van der Waals surface area contributed by atoms with E-state index in [9.17, 15) is 19.5 Å². The summed E-state index contributed by atoms with van der Waals surface area (Å²) in [6, 6.07) is 4.36. The second kappa shape index (κ2) is 15.2. The van der Waals surface area contributed by atoms with E-state index in [0.717, 1.165) is 63.3 Å². The molecule has 0 bridgehead atoms. The molecule has 49 heavy (non-hydrogen) atoms. The Morgan fingerprint density at radius 3 is 2.63 bits per heavy atom. The number of unbranched alkanes of at least 4 members (excludes halogenated alkanes) is 2. The molecule has 4 fully saturated rings. The van der Waals surface area contributed by atoms with Crippen LogP contribution in [0.5, 0.6) is 11.6 Å². The van der Waals surface area contributed by atoms with Crippen molar-refractivity contribution in [3.8, 4) is 11.6 Å². The van der Waals surface area contributed by atoms with Gasteiger partial charge in [-0.25, -0.2) is 14.8 Å². The van der Waals surface area contributed by atoms with Gasteiger partial charge in [-0.3, -0.25) is 9.59 Å². The maximum atomic E-state index is 14.0. The van der Waals surface area contributed by atoms with Crippen molar-refractivity contribution in [2.45, 2.75) is 135 Å². The molecule has 1 aliphatic heterocycles. The SMILES string of the molecule is COc1ccc2nc(CCCCC[C@H]3C(OC(=O)NC(CCC4(C)CCCCC4)C(=O)N4CC[C@@H](C)[C@H]4C(C)=O)CC4CC43)c(O)nc2c1. The number of rotatable bonds is 14. The predicted octanol–water partition coefficient (Wildman–Crippen LogP) is 7.14. The molecule has 3 saturated carbocycles. The van der Waals surface area contributed by atoms with Gasteiger partial charge < -0.3 is 24.8 Å². The molecule has 4 aliphatic rings. The van der Waals surface area contributed by atoms with Crippen molar-refractivity contribution >= 4 is 28.8 Å². The summed E-state index contributed by atoms with van der Waals surface area (Å²) in [4.78, 5) is 50.7. The second-order valence-electron chi connectivity index (χ2n) is 15.9. The molecule has 0 radical (unpaired) electrons. The van der Waals surface area contributed by atoms with Crippen LogP contribution in [0.25, 0.3) is 11.0 Å². The van der Waals surface area contributed by atoms with Crippen LogP contribution in [0.3, 0.4) is 0 Å². The van der Waals surface area contributed by atoms with Crippen molar-refractivity contribution in [1.29, 1.82) is 0 Å².